The van der Waals surface area contributed by atoms with Crippen LogP contribution in [0.4, 0.5) is 0 Å². The van der Waals surface area contributed by atoms with Gasteiger partial charge in [-0.3, -0.25) is 4.98 Å². The van der Waals surface area contributed by atoms with Crippen LogP contribution in [0.2, 0.25) is 0 Å². The monoisotopic (exact) mass is 375 g/mol. The number of aromatic nitrogens is 2. The number of nitrogens with zero attached hydrogens (tertiary/aromatic N) is 3. The minimum absolute atomic E-state index is 0.372. The van der Waals surface area contributed by atoms with Gasteiger partial charge in [-0.1, -0.05) is 18.2 Å². The minimum atomic E-state index is 0.372. The summed E-state index contributed by atoms with van der Waals surface area (Å²) in [5, 5.41) is 0. The summed E-state index contributed by atoms with van der Waals surface area (Å²) in [6.45, 7) is 0. The van der Waals surface area contributed by atoms with Gasteiger partial charge in [0, 0.05) is 17.3 Å². The van der Waals surface area contributed by atoms with E-state index >= 15 is 0 Å². The molecule has 0 saturated carbocycles. The summed E-state index contributed by atoms with van der Waals surface area (Å²) < 4.78 is 11.7. The summed E-state index contributed by atoms with van der Waals surface area (Å²) in [6.07, 6.45) is 6.89. The molecule has 0 aliphatic heterocycles. The SMILES string of the molecule is COc1ccccc1-c1cccnc1Oc1cnc2c(c1)CCCC2N(C)C. The number of pyridine rings is 2. The second-order valence-corrected chi connectivity index (χ2v) is 7.25. The van der Waals surface area contributed by atoms with E-state index < -0.39 is 0 Å². The van der Waals surface area contributed by atoms with Crippen molar-refractivity contribution in [3.8, 4) is 28.5 Å². The lowest BCUT2D eigenvalue weighted by Gasteiger charge is -2.29. The molecule has 0 amide bonds. The minimum Gasteiger partial charge on any atom is -0.496 e. The number of para-hydroxylation sites is 1. The van der Waals surface area contributed by atoms with Crippen molar-refractivity contribution in [1.29, 1.82) is 0 Å². The van der Waals surface area contributed by atoms with Gasteiger partial charge in [-0.25, -0.2) is 4.98 Å². The Kier molecular flexibility index (Phi) is 5.26. The van der Waals surface area contributed by atoms with Gasteiger partial charge >= 0.3 is 0 Å². The Morgan fingerprint density at radius 1 is 1.04 bits per heavy atom. The van der Waals surface area contributed by atoms with Crippen molar-refractivity contribution in [2.45, 2.75) is 25.3 Å². The van der Waals surface area contributed by atoms with Crippen LogP contribution in [-0.4, -0.2) is 36.1 Å². The Hall–Kier alpha value is -2.92. The van der Waals surface area contributed by atoms with Gasteiger partial charge in [0.1, 0.15) is 11.5 Å². The first kappa shape index (κ1) is 18.4. The van der Waals surface area contributed by atoms with Crippen LogP contribution in [-0.2, 0) is 6.42 Å². The molecule has 1 aliphatic rings. The highest BCUT2D eigenvalue weighted by molar-refractivity contribution is 5.74. The van der Waals surface area contributed by atoms with Crippen molar-refractivity contribution in [2.75, 3.05) is 21.2 Å². The van der Waals surface area contributed by atoms with Crippen LogP contribution in [0.1, 0.15) is 30.1 Å². The zero-order valence-electron chi connectivity index (χ0n) is 16.6. The number of methoxy groups -OCH3 is 1. The van der Waals surface area contributed by atoms with Gasteiger partial charge in [-0.2, -0.15) is 0 Å². The molecule has 5 nitrogen and oxygen atoms in total. The highest BCUT2D eigenvalue weighted by Gasteiger charge is 2.24. The molecule has 0 N–H and O–H groups in total. The van der Waals surface area contributed by atoms with Gasteiger partial charge in [-0.05, 0) is 63.2 Å². The molecule has 2 aromatic heterocycles. The lowest BCUT2D eigenvalue weighted by molar-refractivity contribution is 0.261. The number of hydrogen-bond donors (Lipinski definition) is 0. The van der Waals surface area contributed by atoms with Gasteiger partial charge in [0.15, 0.2) is 0 Å². The quantitative estimate of drug-likeness (QED) is 0.636. The fourth-order valence-corrected chi connectivity index (χ4v) is 3.84. The molecule has 1 unspecified atom stereocenters. The Balaban J connectivity index is 1.68. The van der Waals surface area contributed by atoms with Crippen molar-refractivity contribution in [1.82, 2.24) is 14.9 Å². The first-order chi connectivity index (χ1) is 13.7. The van der Waals surface area contributed by atoms with Crippen LogP contribution in [0.15, 0.2) is 54.9 Å². The molecule has 1 aromatic carbocycles. The number of rotatable bonds is 5. The largest absolute Gasteiger partial charge is 0.496 e. The summed E-state index contributed by atoms with van der Waals surface area (Å²) in [4.78, 5) is 11.4. The van der Waals surface area contributed by atoms with E-state index in [1.165, 1.54) is 5.56 Å². The van der Waals surface area contributed by atoms with E-state index in [0.717, 1.165) is 41.8 Å². The predicted molar refractivity (Wildman–Crippen MR) is 110 cm³/mol. The predicted octanol–water partition coefficient (Wildman–Crippen LogP) is 4.88. The van der Waals surface area contributed by atoms with Crippen molar-refractivity contribution in [3.63, 3.8) is 0 Å². The van der Waals surface area contributed by atoms with Gasteiger partial charge in [-0.15, -0.1) is 0 Å². The topological polar surface area (TPSA) is 47.5 Å². The number of ether oxygens (including phenoxy) is 2. The molecule has 1 aliphatic carbocycles. The van der Waals surface area contributed by atoms with Gasteiger partial charge in [0.2, 0.25) is 5.88 Å². The summed E-state index contributed by atoms with van der Waals surface area (Å²) in [5.74, 6) is 2.06. The van der Waals surface area contributed by atoms with Crippen LogP contribution < -0.4 is 9.47 Å². The zero-order valence-corrected chi connectivity index (χ0v) is 16.6. The fourth-order valence-electron chi connectivity index (χ4n) is 3.84. The molecule has 0 spiro atoms. The van der Waals surface area contributed by atoms with E-state index in [9.17, 15) is 0 Å². The summed E-state index contributed by atoms with van der Waals surface area (Å²) >= 11 is 0. The van der Waals surface area contributed by atoms with E-state index in [0.29, 0.717) is 17.7 Å². The average Bonchev–Trinajstić information content (AvgIpc) is 2.73. The number of benzene rings is 1. The molecule has 0 radical (unpaired) electrons. The second-order valence-electron chi connectivity index (χ2n) is 7.25. The Labute approximate surface area is 166 Å². The highest BCUT2D eigenvalue weighted by atomic mass is 16.5. The second kappa shape index (κ2) is 7.98. The first-order valence-corrected chi connectivity index (χ1v) is 9.59. The zero-order chi connectivity index (χ0) is 19.5. The normalized spacial score (nSPS) is 15.9. The van der Waals surface area contributed by atoms with Crippen molar-refractivity contribution < 1.29 is 9.47 Å². The molecule has 1 atom stereocenters. The lowest BCUT2D eigenvalue weighted by atomic mass is 9.91. The summed E-state index contributed by atoms with van der Waals surface area (Å²) in [7, 11) is 5.89. The third-order valence-corrected chi connectivity index (χ3v) is 5.22. The third kappa shape index (κ3) is 3.58. The van der Waals surface area contributed by atoms with Crippen molar-refractivity contribution in [2.24, 2.45) is 0 Å². The van der Waals surface area contributed by atoms with E-state index in [2.05, 4.69) is 30.0 Å². The molecule has 4 rings (SSSR count). The van der Waals surface area contributed by atoms with Crippen molar-refractivity contribution in [3.05, 3.63) is 66.1 Å². The third-order valence-electron chi connectivity index (χ3n) is 5.22. The maximum Gasteiger partial charge on any atom is 0.227 e. The average molecular weight is 375 g/mol. The molecule has 28 heavy (non-hydrogen) atoms. The Morgan fingerprint density at radius 2 is 1.86 bits per heavy atom. The number of fused-ring (bicyclic) bond motifs is 1. The molecule has 3 aromatic rings. The molecule has 0 fully saturated rings. The van der Waals surface area contributed by atoms with Crippen LogP contribution in [0, 0.1) is 0 Å². The fraction of sp³-hybridized carbons (Fsp3) is 0.304. The highest BCUT2D eigenvalue weighted by Crippen LogP contribution is 2.38. The maximum absolute atomic E-state index is 6.18. The molecule has 5 heteroatoms. The van der Waals surface area contributed by atoms with E-state index in [1.807, 2.05) is 36.4 Å². The standard InChI is InChI=1S/C23H25N3O2/c1-26(2)20-11-6-8-16-14-17(15-25-22(16)20)28-23-19(10-7-13-24-23)18-9-4-5-12-21(18)27-3/h4-5,7,9-10,12-15,20H,6,8,11H2,1-3H3. The van der Waals surface area contributed by atoms with Gasteiger partial charge in [0.25, 0.3) is 0 Å². The van der Waals surface area contributed by atoms with E-state index in [4.69, 9.17) is 14.5 Å². The Bertz CT molecular complexity index is 972. The Morgan fingerprint density at radius 3 is 2.68 bits per heavy atom. The summed E-state index contributed by atoms with van der Waals surface area (Å²) in [5.41, 5.74) is 4.27. The lowest BCUT2D eigenvalue weighted by Crippen LogP contribution is -2.25. The maximum atomic E-state index is 6.18. The van der Waals surface area contributed by atoms with Crippen LogP contribution in [0.25, 0.3) is 11.1 Å². The summed E-state index contributed by atoms with van der Waals surface area (Å²) in [6, 6.07) is 14.3. The first-order valence-electron chi connectivity index (χ1n) is 9.59. The van der Waals surface area contributed by atoms with Crippen LogP contribution >= 0.6 is 0 Å². The van der Waals surface area contributed by atoms with E-state index in [-0.39, 0.29) is 0 Å². The van der Waals surface area contributed by atoms with Crippen molar-refractivity contribution >= 4 is 0 Å². The smallest absolute Gasteiger partial charge is 0.227 e. The molecule has 2 heterocycles. The number of aryl methyl sites for hydroxylation is 1. The molecule has 0 bridgehead atoms. The van der Waals surface area contributed by atoms with Gasteiger partial charge in [0.05, 0.1) is 25.0 Å². The molecular formula is C23H25N3O2. The molecule has 0 saturated heterocycles. The molecular weight excluding hydrogens is 350 g/mol. The van der Waals surface area contributed by atoms with Gasteiger partial charge < -0.3 is 14.4 Å². The molecule has 144 valence electrons. The van der Waals surface area contributed by atoms with E-state index in [1.54, 1.807) is 19.5 Å². The van der Waals surface area contributed by atoms with Crippen LogP contribution in [0.5, 0.6) is 17.4 Å². The van der Waals surface area contributed by atoms with Crippen LogP contribution in [0.3, 0.4) is 0 Å². The number of hydrogen-bond acceptors (Lipinski definition) is 5.